The molecule has 0 spiro atoms. The molecule has 0 aliphatic heterocycles. The van der Waals surface area contributed by atoms with Gasteiger partial charge in [-0.1, -0.05) is 6.07 Å². The summed E-state index contributed by atoms with van der Waals surface area (Å²) in [5.74, 6) is 0. The van der Waals surface area contributed by atoms with Crippen LogP contribution in [-0.2, 0) is 11.2 Å². The van der Waals surface area contributed by atoms with Crippen molar-refractivity contribution in [3.63, 3.8) is 0 Å². The first-order valence-electron chi connectivity index (χ1n) is 5.95. The number of hydrogen-bond acceptors (Lipinski definition) is 3. The summed E-state index contributed by atoms with van der Waals surface area (Å²) in [5, 5.41) is 2.73. The molecule has 0 radical (unpaired) electrons. The van der Waals surface area contributed by atoms with Crippen LogP contribution in [0.4, 0.5) is 4.79 Å². The normalized spacial score (nSPS) is 11.1. The van der Waals surface area contributed by atoms with Crippen molar-refractivity contribution in [1.29, 1.82) is 0 Å². The van der Waals surface area contributed by atoms with E-state index < -0.39 is 5.60 Å². The first kappa shape index (κ1) is 15.0. The van der Waals surface area contributed by atoms with Crippen molar-refractivity contribution in [3.05, 3.63) is 28.5 Å². The Kier molecular flexibility index (Phi) is 5.59. The minimum atomic E-state index is -0.448. The van der Waals surface area contributed by atoms with Crippen molar-refractivity contribution < 1.29 is 9.53 Å². The highest BCUT2D eigenvalue weighted by Crippen LogP contribution is 2.14. The predicted molar refractivity (Wildman–Crippen MR) is 74.5 cm³/mol. The van der Waals surface area contributed by atoms with E-state index in [1.807, 2.05) is 32.9 Å². The van der Waals surface area contributed by atoms with E-state index in [9.17, 15) is 4.79 Å². The summed E-state index contributed by atoms with van der Waals surface area (Å²) < 4.78 is 6.01. The van der Waals surface area contributed by atoms with Gasteiger partial charge in [-0.05, 0) is 61.2 Å². The van der Waals surface area contributed by atoms with Gasteiger partial charge in [0.2, 0.25) is 0 Å². The number of alkyl carbamates (subject to hydrolysis) is 1. The van der Waals surface area contributed by atoms with Crippen molar-refractivity contribution in [2.24, 2.45) is 0 Å². The molecule has 0 fully saturated rings. The van der Waals surface area contributed by atoms with E-state index in [0.717, 1.165) is 23.0 Å². The van der Waals surface area contributed by atoms with E-state index in [0.29, 0.717) is 6.54 Å². The van der Waals surface area contributed by atoms with Crippen molar-refractivity contribution >= 4 is 22.0 Å². The van der Waals surface area contributed by atoms with Crippen LogP contribution in [-0.4, -0.2) is 23.2 Å². The van der Waals surface area contributed by atoms with E-state index in [1.54, 1.807) is 6.20 Å². The summed E-state index contributed by atoms with van der Waals surface area (Å²) in [6.07, 6.45) is 3.09. The zero-order valence-corrected chi connectivity index (χ0v) is 12.6. The molecule has 0 unspecified atom stereocenters. The van der Waals surface area contributed by atoms with E-state index in [1.165, 1.54) is 0 Å². The molecular formula is C13H19BrN2O2. The Morgan fingerprint density at radius 2 is 2.22 bits per heavy atom. The lowest BCUT2D eigenvalue weighted by atomic mass is 10.1. The van der Waals surface area contributed by atoms with Crippen LogP contribution >= 0.6 is 15.9 Å². The molecule has 5 heteroatoms. The van der Waals surface area contributed by atoms with Gasteiger partial charge in [0, 0.05) is 12.7 Å². The number of ether oxygens (including phenoxy) is 1. The minimum Gasteiger partial charge on any atom is -0.444 e. The Labute approximate surface area is 116 Å². The molecule has 4 nitrogen and oxygen atoms in total. The third kappa shape index (κ3) is 6.00. The molecule has 1 heterocycles. The molecule has 1 amide bonds. The maximum atomic E-state index is 11.4. The molecule has 1 aromatic rings. The zero-order valence-electron chi connectivity index (χ0n) is 11.0. The number of pyridine rings is 1. The molecule has 0 aliphatic carbocycles. The summed E-state index contributed by atoms with van der Waals surface area (Å²) in [6.45, 7) is 6.13. The standard InChI is InChI=1S/C13H19BrN2O2/c1-13(2,3)18-12(17)16-9-5-7-10-6-4-8-15-11(10)14/h4,6,8H,5,7,9H2,1-3H3,(H,16,17). The van der Waals surface area contributed by atoms with Gasteiger partial charge in [0.25, 0.3) is 0 Å². The first-order chi connectivity index (χ1) is 8.38. The van der Waals surface area contributed by atoms with Crippen LogP contribution < -0.4 is 5.32 Å². The first-order valence-corrected chi connectivity index (χ1v) is 6.74. The number of carbonyl (C=O) groups excluding carboxylic acids is 1. The molecule has 0 atom stereocenters. The Morgan fingerprint density at radius 3 is 2.83 bits per heavy atom. The lowest BCUT2D eigenvalue weighted by Crippen LogP contribution is -2.33. The van der Waals surface area contributed by atoms with Crippen molar-refractivity contribution in [3.8, 4) is 0 Å². The number of aromatic nitrogens is 1. The largest absolute Gasteiger partial charge is 0.444 e. The number of halogens is 1. The third-order valence-corrected chi connectivity index (χ3v) is 2.84. The van der Waals surface area contributed by atoms with E-state index in [4.69, 9.17) is 4.74 Å². The van der Waals surface area contributed by atoms with Crippen LogP contribution in [0.3, 0.4) is 0 Å². The summed E-state index contributed by atoms with van der Waals surface area (Å²) in [6, 6.07) is 3.92. The van der Waals surface area contributed by atoms with E-state index in [2.05, 4.69) is 26.2 Å². The number of rotatable bonds is 4. The van der Waals surface area contributed by atoms with Crippen molar-refractivity contribution in [2.75, 3.05) is 6.54 Å². The smallest absolute Gasteiger partial charge is 0.407 e. The molecule has 0 saturated carbocycles. The van der Waals surface area contributed by atoms with Gasteiger partial charge in [0.15, 0.2) is 0 Å². The van der Waals surface area contributed by atoms with Gasteiger partial charge in [-0.25, -0.2) is 9.78 Å². The maximum Gasteiger partial charge on any atom is 0.407 e. The summed E-state index contributed by atoms with van der Waals surface area (Å²) in [5.41, 5.74) is 0.694. The maximum absolute atomic E-state index is 11.4. The molecular weight excluding hydrogens is 296 g/mol. The van der Waals surface area contributed by atoms with E-state index >= 15 is 0 Å². The second kappa shape index (κ2) is 6.73. The van der Waals surface area contributed by atoms with Gasteiger partial charge in [-0.15, -0.1) is 0 Å². The number of nitrogens with zero attached hydrogens (tertiary/aromatic N) is 1. The molecule has 1 rings (SSSR count). The number of amides is 1. The van der Waals surface area contributed by atoms with Crippen LogP contribution in [0.15, 0.2) is 22.9 Å². The number of hydrogen-bond donors (Lipinski definition) is 1. The second-order valence-corrected chi connectivity index (χ2v) is 5.74. The summed E-state index contributed by atoms with van der Waals surface area (Å²) in [7, 11) is 0. The second-order valence-electron chi connectivity index (χ2n) is 4.99. The van der Waals surface area contributed by atoms with Gasteiger partial charge in [-0.3, -0.25) is 0 Å². The average Bonchev–Trinajstić information content (AvgIpc) is 2.24. The quantitative estimate of drug-likeness (QED) is 0.685. The molecule has 0 aliphatic rings. The topological polar surface area (TPSA) is 51.2 Å². The summed E-state index contributed by atoms with van der Waals surface area (Å²) in [4.78, 5) is 15.5. The molecule has 100 valence electrons. The average molecular weight is 315 g/mol. The molecule has 0 saturated heterocycles. The van der Waals surface area contributed by atoms with Gasteiger partial charge in [0.1, 0.15) is 10.2 Å². The van der Waals surface area contributed by atoms with Crippen molar-refractivity contribution in [1.82, 2.24) is 10.3 Å². The number of aryl methyl sites for hydroxylation is 1. The van der Waals surface area contributed by atoms with Gasteiger partial charge in [-0.2, -0.15) is 0 Å². The van der Waals surface area contributed by atoms with Gasteiger partial charge >= 0.3 is 6.09 Å². The molecule has 1 N–H and O–H groups in total. The van der Waals surface area contributed by atoms with E-state index in [-0.39, 0.29) is 6.09 Å². The zero-order chi connectivity index (χ0) is 13.6. The SMILES string of the molecule is CC(C)(C)OC(=O)NCCCc1cccnc1Br. The van der Waals surface area contributed by atoms with Gasteiger partial charge in [0.05, 0.1) is 0 Å². The molecule has 0 aromatic carbocycles. The van der Waals surface area contributed by atoms with Crippen LogP contribution in [0.1, 0.15) is 32.8 Å². The fourth-order valence-electron chi connectivity index (χ4n) is 1.39. The number of nitrogens with one attached hydrogen (secondary N) is 1. The Hall–Kier alpha value is -1.10. The van der Waals surface area contributed by atoms with Crippen LogP contribution in [0.5, 0.6) is 0 Å². The number of carbonyl (C=O) groups is 1. The summed E-state index contributed by atoms with van der Waals surface area (Å²) >= 11 is 3.39. The van der Waals surface area contributed by atoms with Crippen LogP contribution in [0.25, 0.3) is 0 Å². The highest BCUT2D eigenvalue weighted by Gasteiger charge is 2.15. The third-order valence-electron chi connectivity index (χ3n) is 2.13. The fraction of sp³-hybridized carbons (Fsp3) is 0.538. The molecule has 0 bridgehead atoms. The fourth-order valence-corrected chi connectivity index (χ4v) is 1.84. The van der Waals surface area contributed by atoms with Gasteiger partial charge < -0.3 is 10.1 Å². The van der Waals surface area contributed by atoms with Crippen molar-refractivity contribution in [2.45, 2.75) is 39.2 Å². The monoisotopic (exact) mass is 314 g/mol. The minimum absolute atomic E-state index is 0.368. The lowest BCUT2D eigenvalue weighted by molar-refractivity contribution is 0.0527. The molecule has 1 aromatic heterocycles. The predicted octanol–water partition coefficient (Wildman–Crippen LogP) is 3.30. The van der Waals surface area contributed by atoms with Crippen LogP contribution in [0, 0.1) is 0 Å². The molecule has 18 heavy (non-hydrogen) atoms. The Balaban J connectivity index is 2.23. The lowest BCUT2D eigenvalue weighted by Gasteiger charge is -2.19. The highest BCUT2D eigenvalue weighted by atomic mass is 79.9. The van der Waals surface area contributed by atoms with Crippen LogP contribution in [0.2, 0.25) is 0 Å². The Morgan fingerprint density at radius 1 is 1.50 bits per heavy atom. The highest BCUT2D eigenvalue weighted by molar-refractivity contribution is 9.10. The Bertz CT molecular complexity index is 402.